The van der Waals surface area contributed by atoms with Crippen LogP contribution < -0.4 is 10.2 Å². The minimum atomic E-state index is -0.583. The van der Waals surface area contributed by atoms with Crippen LogP contribution in [-0.2, 0) is 23.8 Å². The number of methoxy groups -OCH3 is 1. The number of carbonyl (C=O) groups excluding carboxylic acids is 2. The topological polar surface area (TPSA) is 77.1 Å². The van der Waals surface area contributed by atoms with Gasteiger partial charge in [-0.2, -0.15) is 0 Å². The van der Waals surface area contributed by atoms with E-state index in [0.717, 1.165) is 24.3 Å². The molecule has 0 amide bonds. The van der Waals surface area contributed by atoms with E-state index in [9.17, 15) is 9.59 Å². The monoisotopic (exact) mass is 442 g/mol. The van der Waals surface area contributed by atoms with Gasteiger partial charge in [0.05, 0.1) is 29.8 Å². The van der Waals surface area contributed by atoms with E-state index in [4.69, 9.17) is 14.2 Å². The van der Waals surface area contributed by atoms with Crippen LogP contribution in [0.3, 0.4) is 0 Å². The molecule has 2 aliphatic rings. The fourth-order valence-corrected chi connectivity index (χ4v) is 4.32. The van der Waals surface area contributed by atoms with E-state index < -0.39 is 17.9 Å². The van der Waals surface area contributed by atoms with Crippen LogP contribution in [0.1, 0.15) is 52.0 Å². The van der Waals surface area contributed by atoms with Crippen molar-refractivity contribution in [1.29, 1.82) is 0 Å². The Balaban J connectivity index is 2.06. The van der Waals surface area contributed by atoms with Crippen molar-refractivity contribution in [2.75, 3.05) is 38.3 Å². The van der Waals surface area contributed by atoms with Gasteiger partial charge in [-0.15, -0.1) is 0 Å². The first-order valence-corrected chi connectivity index (χ1v) is 11.2. The maximum absolute atomic E-state index is 13.2. The first kappa shape index (κ1) is 23.9. The summed E-state index contributed by atoms with van der Waals surface area (Å²) in [6, 6.07) is 8.09. The normalized spacial score (nSPS) is 18.8. The zero-order valence-electron chi connectivity index (χ0n) is 19.7. The van der Waals surface area contributed by atoms with Gasteiger partial charge in [0.1, 0.15) is 6.61 Å². The average molecular weight is 443 g/mol. The van der Waals surface area contributed by atoms with Crippen molar-refractivity contribution in [2.45, 2.75) is 52.6 Å². The van der Waals surface area contributed by atoms with Gasteiger partial charge >= 0.3 is 11.9 Å². The lowest BCUT2D eigenvalue weighted by atomic mass is 9.80. The van der Waals surface area contributed by atoms with Crippen LogP contribution in [0.15, 0.2) is 46.8 Å². The number of hydrogen-bond donors (Lipinski definition) is 1. The lowest BCUT2D eigenvalue weighted by Crippen LogP contribution is -2.33. The number of benzene rings is 1. The molecule has 0 radical (unpaired) electrons. The zero-order chi connectivity index (χ0) is 23.3. The molecule has 0 aromatic heterocycles. The fourth-order valence-electron chi connectivity index (χ4n) is 4.32. The molecule has 0 saturated carbocycles. The third-order valence-electron chi connectivity index (χ3n) is 5.74. The summed E-state index contributed by atoms with van der Waals surface area (Å²) in [6.07, 6.45) is 2.06. The number of esters is 2. The van der Waals surface area contributed by atoms with Crippen LogP contribution in [0.4, 0.5) is 5.69 Å². The van der Waals surface area contributed by atoms with Crippen LogP contribution >= 0.6 is 0 Å². The Kier molecular flexibility index (Phi) is 7.96. The molecule has 1 atom stereocenters. The highest BCUT2D eigenvalue weighted by atomic mass is 16.6. The third-order valence-corrected chi connectivity index (χ3v) is 5.74. The van der Waals surface area contributed by atoms with Gasteiger partial charge < -0.3 is 24.4 Å². The van der Waals surface area contributed by atoms with Gasteiger partial charge in [-0.1, -0.05) is 12.1 Å². The molecule has 7 heteroatoms. The second kappa shape index (κ2) is 10.7. The van der Waals surface area contributed by atoms with Crippen LogP contribution in [-0.4, -0.2) is 51.5 Å². The van der Waals surface area contributed by atoms with E-state index in [1.54, 1.807) is 7.11 Å². The first-order valence-electron chi connectivity index (χ1n) is 11.2. The summed E-state index contributed by atoms with van der Waals surface area (Å²) in [5, 5.41) is 3.19. The lowest BCUT2D eigenvalue weighted by Gasteiger charge is -2.31. The van der Waals surface area contributed by atoms with Crippen molar-refractivity contribution in [2.24, 2.45) is 0 Å². The molecule has 2 aliphatic heterocycles. The standard InChI is InChI=1S/C25H34N2O5/c1-16(2)32-25(29)22-18(4)26-17(3)21(24(28)31-14-13-30-5)23(22)19-9-8-10-20(15-19)27-11-6-7-12-27/h8-10,15-16,23,26H,6-7,11-14H2,1-5H3. The number of rotatable bonds is 8. The molecule has 0 spiro atoms. The third kappa shape index (κ3) is 5.33. The molecule has 174 valence electrons. The molecule has 3 rings (SSSR count). The van der Waals surface area contributed by atoms with Crippen LogP contribution in [0.25, 0.3) is 0 Å². The van der Waals surface area contributed by atoms with Gasteiger partial charge in [-0.25, -0.2) is 9.59 Å². The van der Waals surface area contributed by atoms with Gasteiger partial charge in [0, 0.05) is 37.3 Å². The average Bonchev–Trinajstić information content (AvgIpc) is 3.27. The summed E-state index contributed by atoms with van der Waals surface area (Å²) in [6.45, 7) is 9.76. The Morgan fingerprint density at radius 2 is 1.72 bits per heavy atom. The molecule has 1 aromatic rings. The summed E-state index contributed by atoms with van der Waals surface area (Å²) >= 11 is 0. The highest BCUT2D eigenvalue weighted by molar-refractivity contribution is 6.00. The van der Waals surface area contributed by atoms with E-state index in [0.29, 0.717) is 29.1 Å². The van der Waals surface area contributed by atoms with Gasteiger partial charge in [0.25, 0.3) is 0 Å². The molecule has 0 bridgehead atoms. The number of hydrogen-bond acceptors (Lipinski definition) is 7. The highest BCUT2D eigenvalue weighted by Crippen LogP contribution is 2.40. The number of anilines is 1. The minimum absolute atomic E-state index is 0.140. The number of dihydropyridines is 1. The van der Waals surface area contributed by atoms with Crippen LogP contribution in [0.2, 0.25) is 0 Å². The summed E-state index contributed by atoms with van der Waals surface area (Å²) < 4.78 is 16.0. The number of carbonyl (C=O) groups is 2. The van der Waals surface area contributed by atoms with E-state index >= 15 is 0 Å². The maximum Gasteiger partial charge on any atom is 0.337 e. The van der Waals surface area contributed by atoms with Crippen molar-refractivity contribution in [3.05, 3.63) is 52.4 Å². The Morgan fingerprint density at radius 3 is 2.34 bits per heavy atom. The number of nitrogens with one attached hydrogen (secondary N) is 1. The van der Waals surface area contributed by atoms with Crippen molar-refractivity contribution in [3.8, 4) is 0 Å². The van der Waals surface area contributed by atoms with Gasteiger partial charge in [-0.3, -0.25) is 0 Å². The predicted octanol–water partition coefficient (Wildman–Crippen LogP) is 3.66. The molecular weight excluding hydrogens is 408 g/mol. The van der Waals surface area contributed by atoms with Crippen molar-refractivity contribution in [3.63, 3.8) is 0 Å². The Hall–Kier alpha value is -2.80. The molecule has 1 N–H and O–H groups in total. The second-order valence-corrected chi connectivity index (χ2v) is 8.51. The van der Waals surface area contributed by atoms with Gasteiger partial charge in [-0.05, 0) is 58.2 Å². The SMILES string of the molecule is COCCOC(=O)C1=C(C)NC(C)=C(C(=O)OC(C)C)C1c1cccc(N2CCCC2)c1. The summed E-state index contributed by atoms with van der Waals surface area (Å²) in [5.41, 5.74) is 4.16. The molecule has 1 aromatic carbocycles. The summed E-state index contributed by atoms with van der Waals surface area (Å²) in [7, 11) is 1.55. The largest absolute Gasteiger partial charge is 0.460 e. The molecule has 1 unspecified atom stereocenters. The zero-order valence-corrected chi connectivity index (χ0v) is 19.7. The fraction of sp³-hybridized carbons (Fsp3) is 0.520. The Morgan fingerprint density at radius 1 is 1.06 bits per heavy atom. The molecule has 2 heterocycles. The smallest absolute Gasteiger partial charge is 0.337 e. The van der Waals surface area contributed by atoms with E-state index in [1.807, 2.05) is 39.8 Å². The van der Waals surface area contributed by atoms with E-state index in [-0.39, 0.29) is 12.7 Å². The van der Waals surface area contributed by atoms with Crippen molar-refractivity contribution >= 4 is 17.6 Å². The number of nitrogens with zero attached hydrogens (tertiary/aromatic N) is 1. The molecule has 7 nitrogen and oxygen atoms in total. The highest BCUT2D eigenvalue weighted by Gasteiger charge is 2.38. The predicted molar refractivity (Wildman–Crippen MR) is 123 cm³/mol. The summed E-state index contributed by atoms with van der Waals surface area (Å²) in [5.74, 6) is -1.48. The molecular formula is C25H34N2O5. The molecule has 0 aliphatic carbocycles. The van der Waals surface area contributed by atoms with E-state index in [2.05, 4.69) is 22.3 Å². The molecule has 1 fully saturated rings. The Labute approximate surface area is 190 Å². The maximum atomic E-state index is 13.2. The van der Waals surface area contributed by atoms with E-state index in [1.165, 1.54) is 12.8 Å². The lowest BCUT2D eigenvalue weighted by molar-refractivity contribution is -0.143. The van der Waals surface area contributed by atoms with Crippen molar-refractivity contribution in [1.82, 2.24) is 5.32 Å². The molecule has 1 saturated heterocycles. The Bertz CT molecular complexity index is 913. The first-order chi connectivity index (χ1) is 15.3. The molecule has 32 heavy (non-hydrogen) atoms. The summed E-state index contributed by atoms with van der Waals surface area (Å²) in [4.78, 5) is 28.6. The number of ether oxygens (including phenoxy) is 3. The quantitative estimate of drug-likeness (QED) is 0.486. The van der Waals surface area contributed by atoms with Crippen LogP contribution in [0, 0.1) is 0 Å². The van der Waals surface area contributed by atoms with Gasteiger partial charge in [0.2, 0.25) is 0 Å². The second-order valence-electron chi connectivity index (χ2n) is 8.51. The van der Waals surface area contributed by atoms with Gasteiger partial charge in [0.15, 0.2) is 0 Å². The number of allylic oxidation sites excluding steroid dienone is 2. The van der Waals surface area contributed by atoms with Crippen LogP contribution in [0.5, 0.6) is 0 Å². The van der Waals surface area contributed by atoms with Crippen molar-refractivity contribution < 1.29 is 23.8 Å². The minimum Gasteiger partial charge on any atom is -0.460 e.